The van der Waals surface area contributed by atoms with Crippen molar-refractivity contribution in [1.29, 1.82) is 0 Å². The summed E-state index contributed by atoms with van der Waals surface area (Å²) in [5, 5.41) is 7.33. The second-order valence-corrected chi connectivity index (χ2v) is 6.54. The van der Waals surface area contributed by atoms with Gasteiger partial charge in [0, 0.05) is 18.7 Å². The minimum Gasteiger partial charge on any atom is -0.497 e. The zero-order chi connectivity index (χ0) is 22.2. The summed E-state index contributed by atoms with van der Waals surface area (Å²) in [7, 11) is 1.55. The maximum Gasteiger partial charge on any atom is 0.243 e. The molecule has 162 valence electrons. The topological polar surface area (TPSA) is 83.8 Å². The predicted molar refractivity (Wildman–Crippen MR) is 115 cm³/mol. The van der Waals surface area contributed by atoms with Gasteiger partial charge in [-0.1, -0.05) is 12.1 Å². The van der Waals surface area contributed by atoms with Gasteiger partial charge in [0.2, 0.25) is 11.8 Å². The largest absolute Gasteiger partial charge is 0.497 e. The van der Waals surface area contributed by atoms with Gasteiger partial charge < -0.3 is 24.2 Å². The summed E-state index contributed by atoms with van der Waals surface area (Å²) in [6.07, 6.45) is 1.51. The van der Waals surface area contributed by atoms with Crippen LogP contribution in [0.2, 0.25) is 0 Å². The van der Waals surface area contributed by atoms with Crippen molar-refractivity contribution in [2.75, 3.05) is 25.2 Å². The van der Waals surface area contributed by atoms with E-state index in [4.69, 9.17) is 19.3 Å². The number of halogens is 1. The van der Waals surface area contributed by atoms with Gasteiger partial charge in [0.05, 0.1) is 13.7 Å². The first kappa shape index (κ1) is 22.0. The van der Waals surface area contributed by atoms with Crippen LogP contribution in [0.25, 0.3) is 0 Å². The van der Waals surface area contributed by atoms with Crippen molar-refractivity contribution in [3.63, 3.8) is 0 Å². The zero-order valence-electron chi connectivity index (χ0n) is 17.3. The lowest BCUT2D eigenvalue weighted by Gasteiger charge is -2.24. The molecule has 3 aromatic rings. The summed E-state index contributed by atoms with van der Waals surface area (Å²) >= 11 is 0. The second kappa shape index (κ2) is 10.4. The molecule has 31 heavy (non-hydrogen) atoms. The normalized spacial score (nSPS) is 10.5. The minimum absolute atomic E-state index is 0.00630. The smallest absolute Gasteiger partial charge is 0.243 e. The molecule has 7 nitrogen and oxygen atoms in total. The second-order valence-electron chi connectivity index (χ2n) is 6.54. The Hall–Kier alpha value is -3.65. The van der Waals surface area contributed by atoms with Gasteiger partial charge in [-0.2, -0.15) is 0 Å². The molecule has 0 radical (unpaired) electrons. The Morgan fingerprint density at radius 2 is 1.94 bits per heavy atom. The molecule has 0 aliphatic rings. The number of carbonyl (C=O) groups excluding carboxylic acids is 1. The van der Waals surface area contributed by atoms with Gasteiger partial charge in [0.1, 0.15) is 17.2 Å². The van der Waals surface area contributed by atoms with Crippen LogP contribution in [0.4, 0.5) is 10.1 Å². The van der Waals surface area contributed by atoms with E-state index in [2.05, 4.69) is 4.98 Å². The zero-order valence-corrected chi connectivity index (χ0v) is 17.3. The predicted octanol–water partition coefficient (Wildman–Crippen LogP) is 3.68. The van der Waals surface area contributed by atoms with Crippen molar-refractivity contribution < 1.29 is 28.5 Å². The van der Waals surface area contributed by atoms with Crippen molar-refractivity contribution in [3.8, 4) is 23.1 Å². The molecule has 2 aromatic carbocycles. The van der Waals surface area contributed by atoms with Gasteiger partial charge in [0.15, 0.2) is 24.8 Å². The Morgan fingerprint density at radius 3 is 2.65 bits per heavy atom. The van der Waals surface area contributed by atoms with Crippen molar-refractivity contribution in [1.82, 2.24) is 4.98 Å². The average molecular weight is 427 g/mol. The Balaban J connectivity index is 1.97. The van der Waals surface area contributed by atoms with Crippen LogP contribution in [0.1, 0.15) is 12.5 Å². The SMILES string of the molecule is COc1ccc(OCC[OH2+])c(CN(C(C)=O)c2cccnc2Oc2ccccc2F)c1. The fourth-order valence-electron chi connectivity index (χ4n) is 2.94. The molecule has 0 saturated carbocycles. The van der Waals surface area contributed by atoms with E-state index in [1.165, 1.54) is 30.2 Å². The maximum atomic E-state index is 14.1. The lowest BCUT2D eigenvalue weighted by molar-refractivity contribution is -0.116. The molecule has 2 N–H and O–H groups in total. The van der Waals surface area contributed by atoms with E-state index in [1.807, 2.05) is 0 Å². The van der Waals surface area contributed by atoms with E-state index in [0.29, 0.717) is 22.7 Å². The van der Waals surface area contributed by atoms with Crippen LogP contribution in [0.15, 0.2) is 60.8 Å². The molecule has 1 aromatic heterocycles. The lowest BCUT2D eigenvalue weighted by atomic mass is 10.1. The summed E-state index contributed by atoms with van der Waals surface area (Å²) in [4.78, 5) is 18.2. The van der Waals surface area contributed by atoms with E-state index in [9.17, 15) is 9.18 Å². The molecule has 0 aliphatic carbocycles. The van der Waals surface area contributed by atoms with Crippen LogP contribution < -0.4 is 19.1 Å². The molecule has 1 amide bonds. The Labute approximate surface area is 179 Å². The van der Waals surface area contributed by atoms with Crippen molar-refractivity contribution in [2.45, 2.75) is 13.5 Å². The molecule has 1 heterocycles. The van der Waals surface area contributed by atoms with Crippen LogP contribution in [0.3, 0.4) is 0 Å². The number of nitrogens with zero attached hydrogens (tertiary/aromatic N) is 2. The number of amides is 1. The molecule has 0 atom stereocenters. The van der Waals surface area contributed by atoms with Crippen LogP contribution in [-0.4, -0.2) is 36.3 Å². The summed E-state index contributed by atoms with van der Waals surface area (Å²) in [5.74, 6) is 0.449. The van der Waals surface area contributed by atoms with E-state index in [0.717, 1.165) is 0 Å². The molecule has 3 rings (SSSR count). The number of hydrogen-bond acceptors (Lipinski definition) is 5. The number of methoxy groups -OCH3 is 1. The first-order valence-electron chi connectivity index (χ1n) is 9.63. The lowest BCUT2D eigenvalue weighted by Crippen LogP contribution is -2.28. The fraction of sp³-hybridized carbons (Fsp3) is 0.217. The van der Waals surface area contributed by atoms with E-state index in [-0.39, 0.29) is 37.3 Å². The van der Waals surface area contributed by atoms with Crippen molar-refractivity contribution in [2.24, 2.45) is 0 Å². The highest BCUT2D eigenvalue weighted by Crippen LogP contribution is 2.34. The third-order valence-corrected chi connectivity index (χ3v) is 4.42. The quantitative estimate of drug-likeness (QED) is 0.487. The minimum atomic E-state index is -0.535. The third-order valence-electron chi connectivity index (χ3n) is 4.42. The summed E-state index contributed by atoms with van der Waals surface area (Å²) in [5.41, 5.74) is 1.07. The number of aromatic nitrogens is 1. The molecule has 0 bridgehead atoms. The highest BCUT2D eigenvalue weighted by atomic mass is 19.1. The van der Waals surface area contributed by atoms with Crippen molar-refractivity contribution in [3.05, 3.63) is 72.2 Å². The number of ether oxygens (including phenoxy) is 3. The van der Waals surface area contributed by atoms with Gasteiger partial charge in [-0.05, 0) is 42.5 Å². The molecule has 0 spiro atoms. The number of carbonyl (C=O) groups is 1. The maximum absolute atomic E-state index is 14.1. The number of rotatable bonds is 9. The van der Waals surface area contributed by atoms with Crippen LogP contribution in [-0.2, 0) is 11.3 Å². The van der Waals surface area contributed by atoms with Gasteiger partial charge in [-0.15, -0.1) is 0 Å². The third kappa shape index (κ3) is 5.49. The Morgan fingerprint density at radius 1 is 1.13 bits per heavy atom. The molecular formula is C23H24FN2O5+. The highest BCUT2D eigenvalue weighted by Gasteiger charge is 2.21. The summed E-state index contributed by atoms with van der Waals surface area (Å²) in [6.45, 7) is 1.88. The molecule has 0 unspecified atom stereocenters. The Kier molecular flexibility index (Phi) is 7.40. The number of anilines is 1. The number of para-hydroxylation sites is 1. The van der Waals surface area contributed by atoms with Gasteiger partial charge in [-0.25, -0.2) is 9.37 Å². The number of benzene rings is 2. The molecule has 0 aliphatic heterocycles. The van der Waals surface area contributed by atoms with Crippen LogP contribution >= 0.6 is 0 Å². The molecule has 0 saturated heterocycles. The Bertz CT molecular complexity index is 1040. The van der Waals surface area contributed by atoms with Gasteiger partial charge in [0.25, 0.3) is 0 Å². The van der Waals surface area contributed by atoms with E-state index in [1.54, 1.807) is 49.6 Å². The summed E-state index contributed by atoms with van der Waals surface area (Å²) < 4.78 is 30.7. The van der Waals surface area contributed by atoms with E-state index >= 15 is 0 Å². The highest BCUT2D eigenvalue weighted by molar-refractivity contribution is 5.92. The van der Waals surface area contributed by atoms with Gasteiger partial charge >= 0.3 is 0 Å². The summed E-state index contributed by atoms with van der Waals surface area (Å²) in [6, 6.07) is 14.6. The van der Waals surface area contributed by atoms with Crippen LogP contribution in [0.5, 0.6) is 23.1 Å². The van der Waals surface area contributed by atoms with Gasteiger partial charge in [-0.3, -0.25) is 4.79 Å². The van der Waals surface area contributed by atoms with Crippen LogP contribution in [0, 0.1) is 5.82 Å². The monoisotopic (exact) mass is 427 g/mol. The van der Waals surface area contributed by atoms with E-state index < -0.39 is 5.82 Å². The average Bonchev–Trinajstić information content (AvgIpc) is 2.78. The first-order valence-corrected chi connectivity index (χ1v) is 9.63. The number of hydrogen-bond donors (Lipinski definition) is 0. The fourth-order valence-corrected chi connectivity index (χ4v) is 2.94. The number of pyridine rings is 1. The standard InChI is InChI=1S/C23H23FN2O5/c1-16(28)26(15-17-14-18(29-2)9-10-21(17)30-13-12-27)20-7-5-11-25-23(20)31-22-8-4-3-6-19(22)24/h3-11,14,27H,12-13,15H2,1-2H3/p+1. The first-order chi connectivity index (χ1) is 15.0. The molecule has 8 heteroatoms. The molecular weight excluding hydrogens is 403 g/mol. The molecule has 0 fully saturated rings. The van der Waals surface area contributed by atoms with Crippen molar-refractivity contribution >= 4 is 11.6 Å².